The highest BCUT2D eigenvalue weighted by Crippen LogP contribution is 2.37. The van der Waals surface area contributed by atoms with E-state index in [4.69, 9.17) is 9.47 Å². The number of nitrogens with one attached hydrogen (secondary N) is 1. The Labute approximate surface area is 152 Å². The molecule has 1 N–H and O–H groups in total. The average molecular weight is 353 g/mol. The van der Waals surface area contributed by atoms with Crippen LogP contribution in [0.1, 0.15) is 31.4 Å². The SMILES string of the molecule is O=C(/C=C/c1cnc2ccccc2n1)NCC1CCC2(CC1)OCCO2. The maximum absolute atomic E-state index is 12.1. The van der Waals surface area contributed by atoms with E-state index in [1.807, 2.05) is 24.3 Å². The highest BCUT2D eigenvalue weighted by atomic mass is 16.7. The molecule has 1 aromatic heterocycles. The van der Waals surface area contributed by atoms with Crippen LogP contribution in [0.15, 0.2) is 36.5 Å². The quantitative estimate of drug-likeness (QED) is 0.856. The molecule has 1 aliphatic carbocycles. The van der Waals surface area contributed by atoms with Gasteiger partial charge in [0, 0.05) is 25.5 Å². The summed E-state index contributed by atoms with van der Waals surface area (Å²) in [6, 6.07) is 7.68. The van der Waals surface area contributed by atoms with Crippen LogP contribution in [0.4, 0.5) is 0 Å². The van der Waals surface area contributed by atoms with Crippen LogP contribution in [0, 0.1) is 5.92 Å². The van der Waals surface area contributed by atoms with Gasteiger partial charge >= 0.3 is 0 Å². The van der Waals surface area contributed by atoms with Gasteiger partial charge in [0.05, 0.1) is 36.1 Å². The van der Waals surface area contributed by atoms with Gasteiger partial charge in [-0.15, -0.1) is 0 Å². The molecule has 1 spiro atoms. The third-order valence-electron chi connectivity index (χ3n) is 5.12. The number of para-hydroxylation sites is 2. The summed E-state index contributed by atoms with van der Waals surface area (Å²) in [5.74, 6) is 0.0367. The predicted molar refractivity (Wildman–Crippen MR) is 98.2 cm³/mol. The molecule has 0 unspecified atom stereocenters. The molecule has 6 nitrogen and oxygen atoms in total. The summed E-state index contributed by atoms with van der Waals surface area (Å²) in [6.07, 6.45) is 8.75. The van der Waals surface area contributed by atoms with Crippen molar-refractivity contribution in [1.82, 2.24) is 15.3 Å². The molecule has 2 fully saturated rings. The van der Waals surface area contributed by atoms with Gasteiger partial charge < -0.3 is 14.8 Å². The summed E-state index contributed by atoms with van der Waals surface area (Å²) in [6.45, 7) is 2.08. The number of benzene rings is 1. The molecule has 2 heterocycles. The van der Waals surface area contributed by atoms with Gasteiger partial charge in [0.15, 0.2) is 5.79 Å². The van der Waals surface area contributed by atoms with Crippen LogP contribution in [0.2, 0.25) is 0 Å². The second-order valence-electron chi connectivity index (χ2n) is 6.91. The molecule has 136 valence electrons. The van der Waals surface area contributed by atoms with E-state index < -0.39 is 0 Å². The molecule has 6 heteroatoms. The second-order valence-corrected chi connectivity index (χ2v) is 6.91. The van der Waals surface area contributed by atoms with Crippen molar-refractivity contribution in [3.05, 3.63) is 42.2 Å². The zero-order valence-electron chi connectivity index (χ0n) is 14.7. The molecule has 4 rings (SSSR count). The van der Waals surface area contributed by atoms with Crippen molar-refractivity contribution in [3.63, 3.8) is 0 Å². The van der Waals surface area contributed by atoms with Crippen LogP contribution in [0.5, 0.6) is 0 Å². The third kappa shape index (κ3) is 3.92. The Kier molecular flexibility index (Phi) is 4.95. The second kappa shape index (κ2) is 7.51. The molecule has 1 saturated heterocycles. The van der Waals surface area contributed by atoms with Gasteiger partial charge in [-0.2, -0.15) is 0 Å². The largest absolute Gasteiger partial charge is 0.352 e. The lowest BCUT2D eigenvalue weighted by atomic mass is 9.85. The summed E-state index contributed by atoms with van der Waals surface area (Å²) in [4.78, 5) is 20.9. The van der Waals surface area contributed by atoms with Crippen LogP contribution in [0.25, 0.3) is 17.1 Å². The minimum atomic E-state index is -0.338. The first-order valence-corrected chi connectivity index (χ1v) is 9.18. The van der Waals surface area contributed by atoms with Gasteiger partial charge in [0.1, 0.15) is 0 Å². The van der Waals surface area contributed by atoms with E-state index >= 15 is 0 Å². The lowest BCUT2D eigenvalue weighted by Gasteiger charge is -2.35. The van der Waals surface area contributed by atoms with Crippen molar-refractivity contribution in [2.24, 2.45) is 5.92 Å². The summed E-state index contributed by atoms with van der Waals surface area (Å²) in [5.41, 5.74) is 2.34. The number of carbonyl (C=O) groups is 1. The predicted octanol–water partition coefficient (Wildman–Crippen LogP) is 2.69. The molecular formula is C20H23N3O3. The average Bonchev–Trinajstić information content (AvgIpc) is 3.14. The molecular weight excluding hydrogens is 330 g/mol. The number of rotatable bonds is 4. The summed E-state index contributed by atoms with van der Waals surface area (Å²) >= 11 is 0. The van der Waals surface area contributed by atoms with Crippen LogP contribution in [-0.2, 0) is 14.3 Å². The maximum atomic E-state index is 12.1. The monoisotopic (exact) mass is 353 g/mol. The summed E-state index contributed by atoms with van der Waals surface area (Å²) < 4.78 is 11.5. The molecule has 1 aromatic carbocycles. The Morgan fingerprint density at radius 2 is 1.92 bits per heavy atom. The molecule has 1 amide bonds. The lowest BCUT2D eigenvalue weighted by Crippen LogP contribution is -2.38. The van der Waals surface area contributed by atoms with Crippen molar-refractivity contribution in [3.8, 4) is 0 Å². The zero-order chi connectivity index (χ0) is 17.8. The van der Waals surface area contributed by atoms with Gasteiger partial charge in [-0.3, -0.25) is 9.78 Å². The molecule has 26 heavy (non-hydrogen) atoms. The Bertz CT molecular complexity index is 805. The van der Waals surface area contributed by atoms with Crippen LogP contribution >= 0.6 is 0 Å². The Hall–Kier alpha value is -2.31. The number of ether oxygens (including phenoxy) is 2. The fraction of sp³-hybridized carbons (Fsp3) is 0.450. The maximum Gasteiger partial charge on any atom is 0.244 e. The van der Waals surface area contributed by atoms with Gasteiger partial charge in [-0.05, 0) is 37.0 Å². The summed E-state index contributed by atoms with van der Waals surface area (Å²) in [5, 5.41) is 2.98. The zero-order valence-corrected chi connectivity index (χ0v) is 14.7. The van der Waals surface area contributed by atoms with Crippen molar-refractivity contribution in [1.29, 1.82) is 0 Å². The molecule has 0 atom stereocenters. The van der Waals surface area contributed by atoms with Gasteiger partial charge in [-0.25, -0.2) is 4.98 Å². The number of carbonyl (C=O) groups excluding carboxylic acids is 1. The number of hydrogen-bond acceptors (Lipinski definition) is 5. The fourth-order valence-corrected chi connectivity index (χ4v) is 3.62. The number of amides is 1. The molecule has 2 aromatic rings. The molecule has 1 saturated carbocycles. The first-order valence-electron chi connectivity index (χ1n) is 9.18. The van der Waals surface area contributed by atoms with E-state index in [9.17, 15) is 4.79 Å². The van der Waals surface area contributed by atoms with E-state index in [0.717, 1.165) is 36.7 Å². The van der Waals surface area contributed by atoms with Crippen LogP contribution < -0.4 is 5.32 Å². The van der Waals surface area contributed by atoms with E-state index in [1.54, 1.807) is 12.3 Å². The number of nitrogens with zero attached hydrogens (tertiary/aromatic N) is 2. The minimum absolute atomic E-state index is 0.103. The molecule has 0 bridgehead atoms. The normalized spacial score (nSPS) is 20.2. The first kappa shape index (κ1) is 17.1. The van der Waals surface area contributed by atoms with Crippen LogP contribution in [-0.4, -0.2) is 41.4 Å². The van der Waals surface area contributed by atoms with Crippen molar-refractivity contribution >= 4 is 23.0 Å². The summed E-state index contributed by atoms with van der Waals surface area (Å²) in [7, 11) is 0. The Morgan fingerprint density at radius 3 is 2.69 bits per heavy atom. The fourth-order valence-electron chi connectivity index (χ4n) is 3.62. The number of aromatic nitrogens is 2. The highest BCUT2D eigenvalue weighted by Gasteiger charge is 2.40. The van der Waals surface area contributed by atoms with E-state index in [1.165, 1.54) is 6.08 Å². The van der Waals surface area contributed by atoms with Gasteiger partial charge in [-0.1, -0.05) is 12.1 Å². The van der Waals surface area contributed by atoms with E-state index in [0.29, 0.717) is 31.4 Å². The third-order valence-corrected chi connectivity index (χ3v) is 5.12. The van der Waals surface area contributed by atoms with Crippen LogP contribution in [0.3, 0.4) is 0 Å². The molecule has 1 aliphatic heterocycles. The van der Waals surface area contributed by atoms with E-state index in [-0.39, 0.29) is 11.7 Å². The Morgan fingerprint density at radius 1 is 1.19 bits per heavy atom. The smallest absolute Gasteiger partial charge is 0.244 e. The van der Waals surface area contributed by atoms with Crippen molar-refractivity contribution in [2.45, 2.75) is 31.5 Å². The van der Waals surface area contributed by atoms with Crippen molar-refractivity contribution < 1.29 is 14.3 Å². The number of fused-ring (bicyclic) bond motifs is 1. The number of hydrogen-bond donors (Lipinski definition) is 1. The first-order chi connectivity index (χ1) is 12.7. The van der Waals surface area contributed by atoms with Gasteiger partial charge in [0.2, 0.25) is 5.91 Å². The topological polar surface area (TPSA) is 73.3 Å². The standard InChI is InChI=1S/C20H23N3O3/c24-19(6-5-16-14-21-17-3-1-2-4-18(17)23-16)22-13-15-7-9-20(10-8-15)25-11-12-26-20/h1-6,14-15H,7-13H2,(H,22,24)/b6-5+. The Balaban J connectivity index is 1.26. The molecule has 2 aliphatic rings. The molecule has 0 radical (unpaired) electrons. The van der Waals surface area contributed by atoms with Crippen molar-refractivity contribution in [2.75, 3.05) is 19.8 Å². The van der Waals surface area contributed by atoms with E-state index in [2.05, 4.69) is 15.3 Å². The highest BCUT2D eigenvalue weighted by molar-refractivity contribution is 5.91. The lowest BCUT2D eigenvalue weighted by molar-refractivity contribution is -0.182. The minimum Gasteiger partial charge on any atom is -0.352 e. The van der Waals surface area contributed by atoms with Gasteiger partial charge in [0.25, 0.3) is 0 Å².